The van der Waals surface area contributed by atoms with Crippen LogP contribution in [0.25, 0.3) is 0 Å². The number of hydrogen-bond donors (Lipinski definition) is 0. The van der Waals surface area contributed by atoms with Crippen molar-refractivity contribution in [3.8, 4) is 5.92 Å². The van der Waals surface area contributed by atoms with Crippen molar-refractivity contribution < 1.29 is 0 Å². The standard InChI is InChI=1S/C15H19/c1-7-14(8-2)15-12(5)10(3)9-11(4)13(15)6/h9,14H,7H2,1,3-6H3. The van der Waals surface area contributed by atoms with Gasteiger partial charge in [0.1, 0.15) is 0 Å². The predicted octanol–water partition coefficient (Wildman–Crippen LogP) is 4.00. The molecule has 0 N–H and O–H groups in total. The van der Waals surface area contributed by atoms with Crippen LogP contribution >= 0.6 is 0 Å². The molecular formula is C15H19. The number of rotatable bonds is 2. The third-order valence-electron chi connectivity index (χ3n) is 3.35. The fourth-order valence-electron chi connectivity index (χ4n) is 2.15. The largest absolute Gasteiger partial charge is 0.0809 e. The van der Waals surface area contributed by atoms with Crippen LogP contribution in [-0.4, -0.2) is 0 Å². The van der Waals surface area contributed by atoms with Crippen LogP contribution in [-0.2, 0) is 0 Å². The van der Waals surface area contributed by atoms with Crippen LogP contribution in [0.2, 0.25) is 0 Å². The molecule has 15 heavy (non-hydrogen) atoms. The van der Waals surface area contributed by atoms with Crippen molar-refractivity contribution >= 4 is 0 Å². The SMILES string of the molecule is [C]#CC(CC)c1c(C)c(C)cc(C)c1C. The third kappa shape index (κ3) is 2.07. The van der Waals surface area contributed by atoms with Gasteiger partial charge in [-0.2, -0.15) is 0 Å². The molecule has 0 nitrogen and oxygen atoms in total. The average Bonchev–Trinajstić information content (AvgIpc) is 2.21. The molecule has 0 aliphatic carbocycles. The van der Waals surface area contributed by atoms with E-state index in [-0.39, 0.29) is 5.92 Å². The summed E-state index contributed by atoms with van der Waals surface area (Å²) in [5, 5.41) is 0. The molecule has 0 saturated heterocycles. The molecule has 79 valence electrons. The van der Waals surface area contributed by atoms with E-state index in [1.165, 1.54) is 27.8 Å². The summed E-state index contributed by atoms with van der Waals surface area (Å²) in [7, 11) is 0. The predicted molar refractivity (Wildman–Crippen MR) is 65.6 cm³/mol. The van der Waals surface area contributed by atoms with E-state index in [2.05, 4.69) is 46.6 Å². The van der Waals surface area contributed by atoms with Gasteiger partial charge in [-0.1, -0.05) is 18.9 Å². The van der Waals surface area contributed by atoms with Crippen molar-refractivity contribution in [3.05, 3.63) is 40.3 Å². The lowest BCUT2D eigenvalue weighted by Gasteiger charge is -2.19. The number of benzene rings is 1. The minimum Gasteiger partial charge on any atom is -0.0809 e. The molecule has 0 amide bonds. The summed E-state index contributed by atoms with van der Waals surface area (Å²) in [5.74, 6) is 2.81. The smallest absolute Gasteiger partial charge is 0.0465 e. The first-order valence-corrected chi connectivity index (χ1v) is 5.52. The lowest BCUT2D eigenvalue weighted by molar-refractivity contribution is 0.810. The Hall–Kier alpha value is -1.22. The Balaban J connectivity index is 3.46. The maximum absolute atomic E-state index is 7.38. The molecule has 0 bridgehead atoms. The van der Waals surface area contributed by atoms with E-state index in [1.807, 2.05) is 0 Å². The van der Waals surface area contributed by atoms with Crippen LogP contribution in [0.4, 0.5) is 0 Å². The highest BCUT2D eigenvalue weighted by atomic mass is 14.2. The minimum atomic E-state index is 0.156. The lowest BCUT2D eigenvalue weighted by Crippen LogP contribution is -2.04. The summed E-state index contributed by atoms with van der Waals surface area (Å²) >= 11 is 0. The molecule has 1 aromatic rings. The number of hydrogen-bond acceptors (Lipinski definition) is 0. The van der Waals surface area contributed by atoms with E-state index < -0.39 is 0 Å². The topological polar surface area (TPSA) is 0 Å². The summed E-state index contributed by atoms with van der Waals surface area (Å²) in [6, 6.07) is 2.23. The first-order chi connectivity index (χ1) is 7.02. The summed E-state index contributed by atoms with van der Waals surface area (Å²) in [4.78, 5) is 0. The van der Waals surface area contributed by atoms with Gasteiger partial charge in [0.2, 0.25) is 0 Å². The molecule has 1 unspecified atom stereocenters. The van der Waals surface area contributed by atoms with E-state index in [1.54, 1.807) is 0 Å². The van der Waals surface area contributed by atoms with Gasteiger partial charge in [0, 0.05) is 5.92 Å². The quantitative estimate of drug-likeness (QED) is 0.631. The van der Waals surface area contributed by atoms with Gasteiger partial charge in [0.15, 0.2) is 0 Å². The molecule has 0 heteroatoms. The highest BCUT2D eigenvalue weighted by Crippen LogP contribution is 2.30. The minimum absolute atomic E-state index is 0.156. The fourth-order valence-corrected chi connectivity index (χ4v) is 2.15. The van der Waals surface area contributed by atoms with Gasteiger partial charge >= 0.3 is 0 Å². The Morgan fingerprint density at radius 1 is 1.13 bits per heavy atom. The van der Waals surface area contributed by atoms with Gasteiger partial charge in [0.05, 0.1) is 0 Å². The highest BCUT2D eigenvalue weighted by molar-refractivity contribution is 5.47. The van der Waals surface area contributed by atoms with Gasteiger partial charge in [-0.15, -0.1) is 0 Å². The zero-order valence-corrected chi connectivity index (χ0v) is 10.4. The Morgan fingerprint density at radius 2 is 1.60 bits per heavy atom. The van der Waals surface area contributed by atoms with Crippen LogP contribution in [0.15, 0.2) is 6.07 Å². The Labute approximate surface area is 93.7 Å². The maximum Gasteiger partial charge on any atom is 0.0465 e. The Morgan fingerprint density at radius 3 is 1.93 bits per heavy atom. The van der Waals surface area contributed by atoms with Crippen molar-refractivity contribution in [1.29, 1.82) is 0 Å². The second-order valence-corrected chi connectivity index (χ2v) is 4.28. The molecule has 0 saturated carbocycles. The van der Waals surface area contributed by atoms with Crippen LogP contribution in [0.3, 0.4) is 0 Å². The molecule has 1 rings (SSSR count). The van der Waals surface area contributed by atoms with Crippen LogP contribution in [0.1, 0.15) is 47.1 Å². The van der Waals surface area contributed by atoms with Crippen LogP contribution in [0, 0.1) is 40.0 Å². The fraction of sp³-hybridized carbons (Fsp3) is 0.467. The third-order valence-corrected chi connectivity index (χ3v) is 3.35. The first kappa shape index (κ1) is 11.9. The van der Waals surface area contributed by atoms with Gasteiger partial charge in [-0.05, 0) is 68.4 Å². The van der Waals surface area contributed by atoms with Crippen molar-refractivity contribution in [1.82, 2.24) is 0 Å². The van der Waals surface area contributed by atoms with Crippen LogP contribution in [0.5, 0.6) is 0 Å². The first-order valence-electron chi connectivity index (χ1n) is 5.52. The molecule has 0 spiro atoms. The lowest BCUT2D eigenvalue weighted by atomic mass is 9.85. The van der Waals surface area contributed by atoms with E-state index in [4.69, 9.17) is 6.42 Å². The summed E-state index contributed by atoms with van der Waals surface area (Å²) in [6.45, 7) is 10.7. The average molecular weight is 199 g/mol. The molecule has 1 atom stereocenters. The number of aryl methyl sites for hydroxylation is 2. The molecule has 0 heterocycles. The molecule has 1 aromatic carbocycles. The molecular weight excluding hydrogens is 180 g/mol. The molecule has 0 aromatic heterocycles. The van der Waals surface area contributed by atoms with Crippen molar-refractivity contribution in [2.45, 2.75) is 47.0 Å². The normalized spacial score (nSPS) is 12.3. The zero-order valence-electron chi connectivity index (χ0n) is 10.4. The van der Waals surface area contributed by atoms with Gasteiger partial charge < -0.3 is 0 Å². The van der Waals surface area contributed by atoms with Crippen molar-refractivity contribution in [2.75, 3.05) is 0 Å². The van der Waals surface area contributed by atoms with E-state index in [0.717, 1.165) is 6.42 Å². The summed E-state index contributed by atoms with van der Waals surface area (Å²) in [5.41, 5.74) is 6.60. The molecule has 0 fully saturated rings. The van der Waals surface area contributed by atoms with Crippen molar-refractivity contribution in [2.24, 2.45) is 0 Å². The van der Waals surface area contributed by atoms with Crippen LogP contribution < -0.4 is 0 Å². The maximum atomic E-state index is 7.38. The van der Waals surface area contributed by atoms with Crippen molar-refractivity contribution in [3.63, 3.8) is 0 Å². The summed E-state index contributed by atoms with van der Waals surface area (Å²) in [6.07, 6.45) is 8.33. The van der Waals surface area contributed by atoms with Gasteiger partial charge in [-0.25, -0.2) is 0 Å². The molecule has 1 radical (unpaired) electrons. The second kappa shape index (κ2) is 4.53. The monoisotopic (exact) mass is 199 g/mol. The zero-order chi connectivity index (χ0) is 11.6. The highest BCUT2D eigenvalue weighted by Gasteiger charge is 2.15. The Kier molecular flexibility index (Phi) is 3.58. The second-order valence-electron chi connectivity index (χ2n) is 4.28. The Bertz CT molecular complexity index is 379. The van der Waals surface area contributed by atoms with E-state index >= 15 is 0 Å². The van der Waals surface area contributed by atoms with E-state index in [0.29, 0.717) is 0 Å². The summed E-state index contributed by atoms with van der Waals surface area (Å²) < 4.78 is 0. The van der Waals surface area contributed by atoms with Gasteiger partial charge in [0.25, 0.3) is 0 Å². The molecule has 0 aliphatic rings. The van der Waals surface area contributed by atoms with E-state index in [9.17, 15) is 0 Å². The van der Waals surface area contributed by atoms with Gasteiger partial charge in [-0.3, -0.25) is 0 Å². The molecule has 0 aliphatic heterocycles.